The van der Waals surface area contributed by atoms with Gasteiger partial charge in [-0.05, 0) is 41.7 Å². The van der Waals surface area contributed by atoms with Gasteiger partial charge < -0.3 is 10.0 Å². The first-order valence-corrected chi connectivity index (χ1v) is 11.6. The van der Waals surface area contributed by atoms with E-state index in [0.717, 1.165) is 11.1 Å². The second kappa shape index (κ2) is 7.65. The number of sulfone groups is 1. The van der Waals surface area contributed by atoms with Gasteiger partial charge in [0.15, 0.2) is 9.84 Å². The van der Waals surface area contributed by atoms with E-state index in [1.165, 1.54) is 6.26 Å². The largest absolute Gasteiger partial charge is 0.385 e. The molecule has 5 heteroatoms. The van der Waals surface area contributed by atoms with E-state index >= 15 is 0 Å². The van der Waals surface area contributed by atoms with Gasteiger partial charge >= 0.3 is 0 Å². The number of anilines is 1. The van der Waals surface area contributed by atoms with Crippen LogP contribution in [-0.2, 0) is 28.5 Å². The predicted octanol–water partition coefficient (Wildman–Crippen LogP) is 4.28. The lowest BCUT2D eigenvalue weighted by Gasteiger charge is -2.28. The average molecular weight is 408 g/mol. The molecule has 4 nitrogen and oxygen atoms in total. The standard InChI is InChI=1S/C24H25NO3S/c1-29(27,28)23-16-21(24(26)14-15-24)12-13-22(23)25(17-19-8-4-2-5-9-19)18-20-10-6-3-7-11-20/h2-13,16,26H,14-15,17-18H2,1H3. The molecule has 0 unspecified atom stereocenters. The molecular weight excluding hydrogens is 382 g/mol. The molecule has 150 valence electrons. The summed E-state index contributed by atoms with van der Waals surface area (Å²) in [5, 5.41) is 10.5. The van der Waals surface area contributed by atoms with Crippen LogP contribution in [0.3, 0.4) is 0 Å². The third-order valence-electron chi connectivity index (χ3n) is 5.39. The molecule has 1 aliphatic rings. The Morgan fingerprint density at radius 3 is 1.83 bits per heavy atom. The van der Waals surface area contributed by atoms with E-state index in [9.17, 15) is 13.5 Å². The maximum atomic E-state index is 12.7. The number of aliphatic hydroxyl groups is 1. The summed E-state index contributed by atoms with van der Waals surface area (Å²) in [4.78, 5) is 2.35. The van der Waals surface area contributed by atoms with E-state index in [4.69, 9.17) is 0 Å². The van der Waals surface area contributed by atoms with Crippen molar-refractivity contribution in [2.24, 2.45) is 0 Å². The number of rotatable bonds is 7. The van der Waals surface area contributed by atoms with E-state index in [1.807, 2.05) is 72.8 Å². The van der Waals surface area contributed by atoms with Gasteiger partial charge in [-0.2, -0.15) is 0 Å². The van der Waals surface area contributed by atoms with Crippen LogP contribution in [0.2, 0.25) is 0 Å². The molecule has 1 aliphatic carbocycles. The highest BCUT2D eigenvalue weighted by Crippen LogP contribution is 2.46. The van der Waals surface area contributed by atoms with E-state index < -0.39 is 15.4 Å². The van der Waals surface area contributed by atoms with Crippen molar-refractivity contribution >= 4 is 15.5 Å². The summed E-state index contributed by atoms with van der Waals surface area (Å²) in [7, 11) is -3.47. The van der Waals surface area contributed by atoms with Gasteiger partial charge in [0.05, 0.1) is 16.2 Å². The fourth-order valence-corrected chi connectivity index (χ4v) is 4.52. The molecule has 1 N–H and O–H groups in total. The van der Waals surface area contributed by atoms with Crippen LogP contribution in [-0.4, -0.2) is 19.8 Å². The van der Waals surface area contributed by atoms with Crippen LogP contribution in [0, 0.1) is 0 Å². The summed E-state index contributed by atoms with van der Waals surface area (Å²) in [5.41, 5.74) is 2.68. The number of nitrogens with zero attached hydrogens (tertiary/aromatic N) is 1. The third-order valence-corrected chi connectivity index (χ3v) is 6.52. The quantitative estimate of drug-likeness (QED) is 0.635. The molecule has 3 aromatic rings. The molecule has 0 aromatic heterocycles. The zero-order chi connectivity index (χ0) is 20.5. The van der Waals surface area contributed by atoms with Crippen molar-refractivity contribution in [1.29, 1.82) is 0 Å². The highest BCUT2D eigenvalue weighted by molar-refractivity contribution is 7.90. The first kappa shape index (κ1) is 19.7. The van der Waals surface area contributed by atoms with Crippen LogP contribution in [0.4, 0.5) is 5.69 Å². The number of benzene rings is 3. The molecule has 0 heterocycles. The van der Waals surface area contributed by atoms with Gasteiger partial charge in [-0.15, -0.1) is 0 Å². The van der Waals surface area contributed by atoms with Crippen molar-refractivity contribution in [1.82, 2.24) is 0 Å². The Bertz CT molecular complexity index is 1050. The monoisotopic (exact) mass is 407 g/mol. The van der Waals surface area contributed by atoms with Crippen LogP contribution in [0.15, 0.2) is 83.8 Å². The maximum Gasteiger partial charge on any atom is 0.177 e. The van der Waals surface area contributed by atoms with Crippen molar-refractivity contribution < 1.29 is 13.5 Å². The Balaban J connectivity index is 1.78. The molecule has 4 rings (SSSR count). The summed E-state index contributed by atoms with van der Waals surface area (Å²) in [6, 6.07) is 25.4. The number of hydrogen-bond acceptors (Lipinski definition) is 4. The van der Waals surface area contributed by atoms with Crippen molar-refractivity contribution in [2.75, 3.05) is 11.2 Å². The van der Waals surface area contributed by atoms with Gasteiger partial charge in [-0.3, -0.25) is 0 Å². The van der Waals surface area contributed by atoms with Crippen molar-refractivity contribution in [2.45, 2.75) is 36.4 Å². The highest BCUT2D eigenvalue weighted by atomic mass is 32.2. The molecule has 0 aliphatic heterocycles. The molecule has 0 amide bonds. The van der Waals surface area contributed by atoms with E-state index in [0.29, 0.717) is 37.2 Å². The molecule has 0 atom stereocenters. The Hall–Kier alpha value is -2.63. The predicted molar refractivity (Wildman–Crippen MR) is 115 cm³/mol. The molecule has 0 radical (unpaired) electrons. The van der Waals surface area contributed by atoms with E-state index in [2.05, 4.69) is 4.90 Å². The lowest BCUT2D eigenvalue weighted by molar-refractivity contribution is 0.151. The van der Waals surface area contributed by atoms with Crippen LogP contribution < -0.4 is 4.90 Å². The third kappa shape index (κ3) is 4.52. The van der Waals surface area contributed by atoms with Gasteiger partial charge in [0.25, 0.3) is 0 Å². The average Bonchev–Trinajstić information content (AvgIpc) is 3.47. The molecule has 0 bridgehead atoms. The second-order valence-corrected chi connectivity index (χ2v) is 9.80. The minimum Gasteiger partial charge on any atom is -0.385 e. The van der Waals surface area contributed by atoms with Crippen molar-refractivity contribution in [3.63, 3.8) is 0 Å². The molecule has 29 heavy (non-hydrogen) atoms. The fraction of sp³-hybridized carbons (Fsp3) is 0.250. The molecule has 3 aromatic carbocycles. The minimum absolute atomic E-state index is 0.266. The van der Waals surface area contributed by atoms with Crippen LogP contribution >= 0.6 is 0 Å². The summed E-state index contributed by atoms with van der Waals surface area (Å²) >= 11 is 0. The lowest BCUT2D eigenvalue weighted by Crippen LogP contribution is -2.24. The van der Waals surface area contributed by atoms with Crippen LogP contribution in [0.1, 0.15) is 29.5 Å². The normalized spacial score (nSPS) is 15.1. The topological polar surface area (TPSA) is 57.6 Å². The Morgan fingerprint density at radius 1 is 0.862 bits per heavy atom. The van der Waals surface area contributed by atoms with Crippen molar-refractivity contribution in [3.8, 4) is 0 Å². The van der Waals surface area contributed by atoms with Crippen molar-refractivity contribution in [3.05, 3.63) is 95.6 Å². The molecule has 1 fully saturated rings. The van der Waals surface area contributed by atoms with Crippen LogP contribution in [0.25, 0.3) is 0 Å². The zero-order valence-corrected chi connectivity index (χ0v) is 17.3. The lowest BCUT2D eigenvalue weighted by atomic mass is 10.1. The first-order valence-electron chi connectivity index (χ1n) is 9.75. The Morgan fingerprint density at radius 2 is 1.38 bits per heavy atom. The Labute approximate surface area is 172 Å². The smallest absolute Gasteiger partial charge is 0.177 e. The first-order chi connectivity index (χ1) is 13.9. The van der Waals surface area contributed by atoms with Gasteiger partial charge in [0.1, 0.15) is 0 Å². The van der Waals surface area contributed by atoms with Crippen LogP contribution in [0.5, 0.6) is 0 Å². The molecular formula is C24H25NO3S. The molecule has 1 saturated carbocycles. The SMILES string of the molecule is CS(=O)(=O)c1cc(C2(O)CC2)ccc1N(Cc1ccccc1)Cc1ccccc1. The zero-order valence-electron chi connectivity index (χ0n) is 16.5. The van der Waals surface area contributed by atoms with E-state index in [1.54, 1.807) is 6.07 Å². The second-order valence-electron chi connectivity index (χ2n) is 7.81. The number of hydrogen-bond donors (Lipinski definition) is 1. The Kier molecular flexibility index (Phi) is 5.19. The van der Waals surface area contributed by atoms with E-state index in [-0.39, 0.29) is 4.90 Å². The maximum absolute atomic E-state index is 12.7. The molecule has 0 saturated heterocycles. The molecule has 0 spiro atoms. The van der Waals surface area contributed by atoms with Gasteiger partial charge in [-0.25, -0.2) is 8.42 Å². The highest BCUT2D eigenvalue weighted by Gasteiger charge is 2.42. The summed E-state index contributed by atoms with van der Waals surface area (Å²) in [6.07, 6.45) is 2.58. The summed E-state index contributed by atoms with van der Waals surface area (Å²) in [5.74, 6) is 0. The minimum atomic E-state index is -3.47. The van der Waals surface area contributed by atoms with Gasteiger partial charge in [-0.1, -0.05) is 66.7 Å². The fourth-order valence-electron chi connectivity index (χ4n) is 3.60. The summed E-state index contributed by atoms with van der Waals surface area (Å²) < 4.78 is 25.3. The van der Waals surface area contributed by atoms with Gasteiger partial charge in [0, 0.05) is 19.3 Å². The summed E-state index contributed by atoms with van der Waals surface area (Å²) in [6.45, 7) is 1.17. The van der Waals surface area contributed by atoms with Gasteiger partial charge in [0.2, 0.25) is 0 Å².